The van der Waals surface area contributed by atoms with E-state index in [2.05, 4.69) is 19.7 Å². The summed E-state index contributed by atoms with van der Waals surface area (Å²) in [6.45, 7) is 5.12. The average Bonchev–Trinajstić information content (AvgIpc) is 3.20. The van der Waals surface area contributed by atoms with Crippen LogP contribution in [0.25, 0.3) is 0 Å². The molecule has 1 atom stereocenters. The minimum absolute atomic E-state index is 0.436. The fourth-order valence-corrected chi connectivity index (χ4v) is 3.27. The van der Waals surface area contributed by atoms with E-state index in [1.54, 1.807) is 0 Å². The third-order valence-electron chi connectivity index (χ3n) is 4.54. The van der Waals surface area contributed by atoms with Crippen LogP contribution in [0.4, 0.5) is 0 Å². The Morgan fingerprint density at radius 3 is 2.84 bits per heavy atom. The SMILES string of the molecule is C1CCC(CN2CCn3c(nnc3C3CC3)C2)OC1. The van der Waals surface area contributed by atoms with E-state index in [0.29, 0.717) is 12.0 Å². The monoisotopic (exact) mass is 262 g/mol. The lowest BCUT2D eigenvalue weighted by Crippen LogP contribution is -2.40. The summed E-state index contributed by atoms with van der Waals surface area (Å²) in [5.74, 6) is 3.10. The first-order valence-corrected chi connectivity index (χ1v) is 7.66. The molecule has 1 saturated heterocycles. The molecular formula is C14H22N4O. The normalized spacial score (nSPS) is 28.3. The third-order valence-corrected chi connectivity index (χ3v) is 4.54. The molecule has 1 aromatic rings. The van der Waals surface area contributed by atoms with Gasteiger partial charge in [-0.2, -0.15) is 0 Å². The molecule has 0 radical (unpaired) electrons. The molecule has 3 aliphatic rings. The molecule has 1 saturated carbocycles. The maximum absolute atomic E-state index is 5.84. The van der Waals surface area contributed by atoms with Crippen LogP contribution in [0.2, 0.25) is 0 Å². The van der Waals surface area contributed by atoms with E-state index < -0.39 is 0 Å². The fourth-order valence-electron chi connectivity index (χ4n) is 3.27. The van der Waals surface area contributed by atoms with Gasteiger partial charge in [0.25, 0.3) is 0 Å². The summed E-state index contributed by atoms with van der Waals surface area (Å²) in [5.41, 5.74) is 0. The smallest absolute Gasteiger partial charge is 0.147 e. The van der Waals surface area contributed by atoms with E-state index in [9.17, 15) is 0 Å². The van der Waals surface area contributed by atoms with Crippen LogP contribution < -0.4 is 0 Å². The van der Waals surface area contributed by atoms with Gasteiger partial charge in [0, 0.05) is 32.2 Å². The molecule has 0 aromatic carbocycles. The molecular weight excluding hydrogens is 240 g/mol. The van der Waals surface area contributed by atoms with Gasteiger partial charge in [-0.1, -0.05) is 0 Å². The Labute approximate surface area is 113 Å². The van der Waals surface area contributed by atoms with Gasteiger partial charge in [0.2, 0.25) is 0 Å². The van der Waals surface area contributed by atoms with Crippen molar-refractivity contribution < 1.29 is 4.74 Å². The highest BCUT2D eigenvalue weighted by Gasteiger charge is 2.32. The Morgan fingerprint density at radius 1 is 1.11 bits per heavy atom. The van der Waals surface area contributed by atoms with Crippen molar-refractivity contribution in [2.24, 2.45) is 0 Å². The lowest BCUT2D eigenvalue weighted by molar-refractivity contribution is -0.0105. The van der Waals surface area contributed by atoms with Crippen LogP contribution in [-0.2, 0) is 17.8 Å². The molecule has 0 bridgehead atoms. The van der Waals surface area contributed by atoms with Crippen molar-refractivity contribution in [1.29, 1.82) is 0 Å². The molecule has 0 amide bonds. The van der Waals surface area contributed by atoms with Crippen LogP contribution in [0, 0.1) is 0 Å². The number of aromatic nitrogens is 3. The minimum Gasteiger partial charge on any atom is -0.377 e. The van der Waals surface area contributed by atoms with Gasteiger partial charge >= 0.3 is 0 Å². The minimum atomic E-state index is 0.436. The van der Waals surface area contributed by atoms with E-state index in [1.807, 2.05) is 0 Å². The Kier molecular flexibility index (Phi) is 3.04. The van der Waals surface area contributed by atoms with Gasteiger partial charge in [-0.25, -0.2) is 0 Å². The first-order chi connectivity index (χ1) is 9.40. The molecule has 1 aromatic heterocycles. The Bertz CT molecular complexity index is 448. The van der Waals surface area contributed by atoms with E-state index in [-0.39, 0.29) is 0 Å². The zero-order chi connectivity index (χ0) is 12.7. The van der Waals surface area contributed by atoms with E-state index in [4.69, 9.17) is 4.74 Å². The molecule has 19 heavy (non-hydrogen) atoms. The second-order valence-corrected chi connectivity index (χ2v) is 6.12. The molecule has 3 heterocycles. The Morgan fingerprint density at radius 2 is 2.05 bits per heavy atom. The van der Waals surface area contributed by atoms with Crippen LogP contribution in [0.3, 0.4) is 0 Å². The van der Waals surface area contributed by atoms with E-state index >= 15 is 0 Å². The van der Waals surface area contributed by atoms with Gasteiger partial charge in [-0.15, -0.1) is 10.2 Å². The standard InChI is InChI=1S/C14H22N4O/c1-2-8-19-12(3-1)9-17-6-7-18-13(10-17)15-16-14(18)11-4-5-11/h11-12H,1-10H2. The fraction of sp³-hybridized carbons (Fsp3) is 0.857. The molecule has 2 aliphatic heterocycles. The maximum Gasteiger partial charge on any atom is 0.147 e. The second-order valence-electron chi connectivity index (χ2n) is 6.12. The lowest BCUT2D eigenvalue weighted by Gasteiger charge is -2.32. The first kappa shape index (κ1) is 11.9. The number of ether oxygens (including phenoxy) is 1. The average molecular weight is 262 g/mol. The van der Waals surface area contributed by atoms with Crippen LogP contribution in [0.5, 0.6) is 0 Å². The zero-order valence-electron chi connectivity index (χ0n) is 11.4. The van der Waals surface area contributed by atoms with E-state index in [1.165, 1.54) is 37.9 Å². The van der Waals surface area contributed by atoms with Crippen molar-refractivity contribution in [3.63, 3.8) is 0 Å². The molecule has 5 nitrogen and oxygen atoms in total. The molecule has 0 N–H and O–H groups in total. The van der Waals surface area contributed by atoms with Crippen LogP contribution in [0.1, 0.15) is 49.7 Å². The highest BCUT2D eigenvalue weighted by atomic mass is 16.5. The van der Waals surface area contributed by atoms with Crippen molar-refractivity contribution in [3.05, 3.63) is 11.6 Å². The van der Waals surface area contributed by atoms with Crippen molar-refractivity contribution in [2.45, 2.75) is 57.2 Å². The number of fused-ring (bicyclic) bond motifs is 1. The number of rotatable bonds is 3. The molecule has 5 heteroatoms. The molecule has 0 spiro atoms. The second kappa shape index (κ2) is 4.87. The highest BCUT2D eigenvalue weighted by Crippen LogP contribution is 2.39. The van der Waals surface area contributed by atoms with Gasteiger partial charge in [0.05, 0.1) is 12.6 Å². The number of hydrogen-bond acceptors (Lipinski definition) is 4. The summed E-state index contributed by atoms with van der Waals surface area (Å²) in [7, 11) is 0. The summed E-state index contributed by atoms with van der Waals surface area (Å²) < 4.78 is 8.19. The predicted molar refractivity (Wildman–Crippen MR) is 70.9 cm³/mol. The first-order valence-electron chi connectivity index (χ1n) is 7.66. The third kappa shape index (κ3) is 2.41. The quantitative estimate of drug-likeness (QED) is 0.829. The van der Waals surface area contributed by atoms with Crippen molar-refractivity contribution in [1.82, 2.24) is 19.7 Å². The van der Waals surface area contributed by atoms with Gasteiger partial charge in [0.1, 0.15) is 11.6 Å². The molecule has 104 valence electrons. The Hall–Kier alpha value is -0.940. The molecule has 1 aliphatic carbocycles. The van der Waals surface area contributed by atoms with Crippen molar-refractivity contribution in [2.75, 3.05) is 19.7 Å². The summed E-state index contributed by atoms with van der Waals surface area (Å²) in [6.07, 6.45) is 6.81. The summed E-state index contributed by atoms with van der Waals surface area (Å²) in [5, 5.41) is 8.79. The van der Waals surface area contributed by atoms with Crippen LogP contribution >= 0.6 is 0 Å². The summed E-state index contributed by atoms with van der Waals surface area (Å²) >= 11 is 0. The topological polar surface area (TPSA) is 43.2 Å². The maximum atomic E-state index is 5.84. The van der Waals surface area contributed by atoms with Crippen molar-refractivity contribution in [3.8, 4) is 0 Å². The van der Waals surface area contributed by atoms with Crippen LogP contribution in [0.15, 0.2) is 0 Å². The van der Waals surface area contributed by atoms with Gasteiger partial charge in [0.15, 0.2) is 0 Å². The van der Waals surface area contributed by atoms with E-state index in [0.717, 1.165) is 38.6 Å². The number of hydrogen-bond donors (Lipinski definition) is 0. The van der Waals surface area contributed by atoms with Gasteiger partial charge in [-0.3, -0.25) is 4.90 Å². The Balaban J connectivity index is 1.41. The largest absolute Gasteiger partial charge is 0.377 e. The summed E-state index contributed by atoms with van der Waals surface area (Å²) in [4.78, 5) is 2.48. The molecule has 2 fully saturated rings. The lowest BCUT2D eigenvalue weighted by atomic mass is 10.1. The van der Waals surface area contributed by atoms with Crippen LogP contribution in [-0.4, -0.2) is 45.5 Å². The van der Waals surface area contributed by atoms with Crippen molar-refractivity contribution >= 4 is 0 Å². The van der Waals surface area contributed by atoms with Gasteiger partial charge in [-0.05, 0) is 32.1 Å². The number of nitrogens with zero attached hydrogens (tertiary/aromatic N) is 4. The summed E-state index contributed by atoms with van der Waals surface area (Å²) in [6, 6.07) is 0. The van der Waals surface area contributed by atoms with Gasteiger partial charge < -0.3 is 9.30 Å². The molecule has 1 unspecified atom stereocenters. The highest BCUT2D eigenvalue weighted by molar-refractivity contribution is 5.09. The molecule has 4 rings (SSSR count). The predicted octanol–water partition coefficient (Wildman–Crippen LogP) is 1.54. The zero-order valence-corrected chi connectivity index (χ0v) is 11.4.